The molecular weight excluding hydrogens is 196 g/mol. The fourth-order valence-electron chi connectivity index (χ4n) is 1.82. The SMILES string of the molecule is CC1(c2ncc(C=O)[nH]2)CCCSC1. The van der Waals surface area contributed by atoms with Gasteiger partial charge in [-0.3, -0.25) is 4.79 Å². The highest BCUT2D eigenvalue weighted by atomic mass is 32.2. The summed E-state index contributed by atoms with van der Waals surface area (Å²) in [5.41, 5.74) is 0.710. The summed E-state index contributed by atoms with van der Waals surface area (Å²) in [6.07, 6.45) is 4.83. The lowest BCUT2D eigenvalue weighted by atomic mass is 9.86. The van der Waals surface area contributed by atoms with Crippen molar-refractivity contribution in [3.8, 4) is 0 Å². The topological polar surface area (TPSA) is 45.8 Å². The smallest absolute Gasteiger partial charge is 0.167 e. The van der Waals surface area contributed by atoms with E-state index in [4.69, 9.17) is 0 Å². The summed E-state index contributed by atoms with van der Waals surface area (Å²) < 4.78 is 0. The molecule has 1 N–H and O–H groups in total. The first-order chi connectivity index (χ1) is 6.74. The van der Waals surface area contributed by atoms with Crippen molar-refractivity contribution in [2.75, 3.05) is 11.5 Å². The van der Waals surface area contributed by atoms with Gasteiger partial charge in [-0.25, -0.2) is 4.98 Å². The zero-order chi connectivity index (χ0) is 10.0. The van der Waals surface area contributed by atoms with Crippen LogP contribution in [0.3, 0.4) is 0 Å². The normalized spacial score (nSPS) is 27.5. The number of hydrogen-bond donors (Lipinski definition) is 1. The number of carbonyl (C=O) groups is 1. The summed E-state index contributed by atoms with van der Waals surface area (Å²) in [5, 5.41) is 0. The largest absolute Gasteiger partial charge is 0.339 e. The highest BCUT2D eigenvalue weighted by molar-refractivity contribution is 7.99. The highest BCUT2D eigenvalue weighted by Crippen LogP contribution is 2.35. The van der Waals surface area contributed by atoms with Gasteiger partial charge in [-0.2, -0.15) is 11.8 Å². The van der Waals surface area contributed by atoms with Crippen molar-refractivity contribution in [3.63, 3.8) is 0 Å². The molecule has 14 heavy (non-hydrogen) atoms. The molecular formula is C10H14N2OS. The van der Waals surface area contributed by atoms with Gasteiger partial charge in [0.25, 0.3) is 0 Å². The first-order valence-electron chi connectivity index (χ1n) is 4.83. The van der Waals surface area contributed by atoms with Gasteiger partial charge < -0.3 is 4.98 Å². The molecule has 1 fully saturated rings. The molecule has 0 aromatic carbocycles. The van der Waals surface area contributed by atoms with Gasteiger partial charge in [0.05, 0.1) is 11.9 Å². The number of aromatic nitrogens is 2. The van der Waals surface area contributed by atoms with E-state index in [1.165, 1.54) is 12.2 Å². The summed E-state index contributed by atoms with van der Waals surface area (Å²) >= 11 is 1.97. The van der Waals surface area contributed by atoms with Crippen molar-refractivity contribution in [2.24, 2.45) is 0 Å². The quantitative estimate of drug-likeness (QED) is 0.759. The molecule has 0 amide bonds. The Labute approximate surface area is 87.7 Å². The van der Waals surface area contributed by atoms with Gasteiger partial charge in [0.15, 0.2) is 6.29 Å². The molecule has 1 atom stereocenters. The number of aldehydes is 1. The molecule has 0 spiro atoms. The van der Waals surface area contributed by atoms with Gasteiger partial charge in [0.2, 0.25) is 0 Å². The molecule has 0 aliphatic carbocycles. The number of aromatic amines is 1. The molecule has 76 valence electrons. The number of carbonyl (C=O) groups excluding carboxylic acids is 1. The third-order valence-corrected chi connectivity index (χ3v) is 4.15. The van der Waals surface area contributed by atoms with Crippen LogP contribution in [0, 0.1) is 0 Å². The van der Waals surface area contributed by atoms with E-state index < -0.39 is 0 Å². The molecule has 1 aliphatic heterocycles. The monoisotopic (exact) mass is 210 g/mol. The molecule has 1 saturated heterocycles. The Balaban J connectivity index is 2.23. The van der Waals surface area contributed by atoms with Crippen LogP contribution < -0.4 is 0 Å². The van der Waals surface area contributed by atoms with Crippen LogP contribution in [0.25, 0.3) is 0 Å². The van der Waals surface area contributed by atoms with Crippen molar-refractivity contribution >= 4 is 18.0 Å². The van der Waals surface area contributed by atoms with Crippen LogP contribution in [0.4, 0.5) is 0 Å². The molecule has 0 bridgehead atoms. The second-order valence-electron chi connectivity index (χ2n) is 4.02. The number of rotatable bonds is 2. The van der Waals surface area contributed by atoms with Crippen LogP contribution in [0.1, 0.15) is 36.1 Å². The lowest BCUT2D eigenvalue weighted by Gasteiger charge is -2.30. The molecule has 2 rings (SSSR count). The van der Waals surface area contributed by atoms with Crippen molar-refractivity contribution < 1.29 is 4.79 Å². The Bertz CT molecular complexity index is 329. The second-order valence-corrected chi connectivity index (χ2v) is 5.13. The third-order valence-electron chi connectivity index (χ3n) is 2.73. The number of thioether (sulfide) groups is 1. The number of imidazole rings is 1. The summed E-state index contributed by atoms with van der Waals surface area (Å²) in [4.78, 5) is 17.9. The van der Waals surface area contributed by atoms with E-state index in [1.807, 2.05) is 11.8 Å². The van der Waals surface area contributed by atoms with Crippen molar-refractivity contribution in [1.29, 1.82) is 0 Å². The molecule has 1 aromatic heterocycles. The number of nitrogens with zero attached hydrogens (tertiary/aromatic N) is 1. The van der Waals surface area contributed by atoms with E-state index >= 15 is 0 Å². The minimum absolute atomic E-state index is 0.129. The lowest BCUT2D eigenvalue weighted by Crippen LogP contribution is -2.30. The van der Waals surface area contributed by atoms with Crippen LogP contribution in [-0.4, -0.2) is 27.8 Å². The Morgan fingerprint density at radius 2 is 2.57 bits per heavy atom. The third kappa shape index (κ3) is 1.71. The Morgan fingerprint density at radius 3 is 3.14 bits per heavy atom. The van der Waals surface area contributed by atoms with Crippen LogP contribution in [-0.2, 0) is 5.41 Å². The highest BCUT2D eigenvalue weighted by Gasteiger charge is 2.31. The predicted molar refractivity (Wildman–Crippen MR) is 57.9 cm³/mol. The molecule has 3 nitrogen and oxygen atoms in total. The summed E-state index contributed by atoms with van der Waals surface area (Å²) in [7, 11) is 0. The van der Waals surface area contributed by atoms with Gasteiger partial charge in [0, 0.05) is 11.2 Å². The number of H-pyrrole nitrogens is 1. The van der Waals surface area contributed by atoms with E-state index in [0.717, 1.165) is 24.3 Å². The van der Waals surface area contributed by atoms with Gasteiger partial charge in [0.1, 0.15) is 5.82 Å². The first-order valence-corrected chi connectivity index (χ1v) is 5.98. The standard InChI is InChI=1S/C10H14N2OS/c1-10(3-2-4-14-7-10)9-11-5-8(6-13)12-9/h5-6H,2-4,7H2,1H3,(H,11,12). The van der Waals surface area contributed by atoms with Gasteiger partial charge in [-0.1, -0.05) is 6.92 Å². The maximum atomic E-state index is 10.5. The molecule has 0 radical (unpaired) electrons. The second kappa shape index (κ2) is 3.77. The number of hydrogen-bond acceptors (Lipinski definition) is 3. The molecule has 0 saturated carbocycles. The molecule has 4 heteroatoms. The lowest BCUT2D eigenvalue weighted by molar-refractivity contribution is 0.111. The van der Waals surface area contributed by atoms with E-state index in [2.05, 4.69) is 16.9 Å². The maximum absolute atomic E-state index is 10.5. The minimum atomic E-state index is 0.129. The average molecular weight is 210 g/mol. The predicted octanol–water partition coefficient (Wildman–Crippen LogP) is 2.01. The maximum Gasteiger partial charge on any atom is 0.167 e. The Morgan fingerprint density at radius 1 is 1.71 bits per heavy atom. The van der Waals surface area contributed by atoms with E-state index in [-0.39, 0.29) is 5.41 Å². The average Bonchev–Trinajstić information content (AvgIpc) is 2.67. The fraction of sp³-hybridized carbons (Fsp3) is 0.600. The van der Waals surface area contributed by atoms with Crippen LogP contribution in [0.2, 0.25) is 0 Å². The van der Waals surface area contributed by atoms with Crippen molar-refractivity contribution in [2.45, 2.75) is 25.2 Å². The van der Waals surface area contributed by atoms with Gasteiger partial charge in [-0.15, -0.1) is 0 Å². The van der Waals surface area contributed by atoms with Gasteiger partial charge in [-0.05, 0) is 18.6 Å². The van der Waals surface area contributed by atoms with Crippen molar-refractivity contribution in [3.05, 3.63) is 17.7 Å². The van der Waals surface area contributed by atoms with Crippen molar-refractivity contribution in [1.82, 2.24) is 9.97 Å². The number of nitrogens with one attached hydrogen (secondary N) is 1. The summed E-state index contributed by atoms with van der Waals surface area (Å²) in [6, 6.07) is 0. The fourth-order valence-corrected chi connectivity index (χ4v) is 3.05. The molecule has 2 heterocycles. The zero-order valence-corrected chi connectivity index (χ0v) is 9.06. The first kappa shape index (κ1) is 9.77. The Kier molecular flexibility index (Phi) is 2.63. The summed E-state index contributed by atoms with van der Waals surface area (Å²) in [5.74, 6) is 3.31. The molecule has 1 aliphatic rings. The zero-order valence-electron chi connectivity index (χ0n) is 8.25. The summed E-state index contributed by atoms with van der Waals surface area (Å²) in [6.45, 7) is 2.21. The molecule has 1 unspecified atom stereocenters. The van der Waals surface area contributed by atoms with Crippen LogP contribution in [0.5, 0.6) is 0 Å². The van der Waals surface area contributed by atoms with E-state index in [1.54, 1.807) is 6.20 Å². The van der Waals surface area contributed by atoms with Gasteiger partial charge >= 0.3 is 0 Å². The van der Waals surface area contributed by atoms with Crippen LogP contribution >= 0.6 is 11.8 Å². The minimum Gasteiger partial charge on any atom is -0.339 e. The van der Waals surface area contributed by atoms with E-state index in [0.29, 0.717) is 5.69 Å². The van der Waals surface area contributed by atoms with E-state index in [9.17, 15) is 4.79 Å². The Hall–Kier alpha value is -0.770. The molecule has 1 aromatic rings. The van der Waals surface area contributed by atoms with Crippen LogP contribution in [0.15, 0.2) is 6.20 Å².